The number of hydrogen-bond donors (Lipinski definition) is 1. The summed E-state index contributed by atoms with van der Waals surface area (Å²) in [7, 11) is 1.42. The summed E-state index contributed by atoms with van der Waals surface area (Å²) in [5.74, 6) is -1.89. The van der Waals surface area contributed by atoms with Crippen LogP contribution in [-0.4, -0.2) is 15.7 Å². The highest BCUT2D eigenvalue weighted by atomic mass is 19.3. The first-order valence-electron chi connectivity index (χ1n) is 7.95. The van der Waals surface area contributed by atoms with Gasteiger partial charge in [-0.3, -0.25) is 9.48 Å². The van der Waals surface area contributed by atoms with E-state index in [0.29, 0.717) is 5.56 Å². The summed E-state index contributed by atoms with van der Waals surface area (Å²) in [5.41, 5.74) is 0.0398. The number of hydrogen-bond acceptors (Lipinski definition) is 2. The number of halogens is 4. The van der Waals surface area contributed by atoms with Crippen LogP contribution in [0.15, 0.2) is 42.6 Å². The lowest BCUT2D eigenvalue weighted by atomic mass is 10.0. The molecule has 140 valence electrons. The first-order valence-corrected chi connectivity index (χ1v) is 7.95. The fraction of sp³-hybridized carbons (Fsp3) is 0.158. The van der Waals surface area contributed by atoms with Crippen LogP contribution in [0.5, 0.6) is 0 Å². The van der Waals surface area contributed by atoms with Gasteiger partial charge in [0.15, 0.2) is 0 Å². The molecule has 3 rings (SSSR count). The van der Waals surface area contributed by atoms with Gasteiger partial charge in [-0.1, -0.05) is 12.1 Å². The number of rotatable bonds is 4. The first-order chi connectivity index (χ1) is 12.8. The molecule has 0 aliphatic carbocycles. The minimum absolute atomic E-state index is 0.175. The fourth-order valence-corrected chi connectivity index (χ4v) is 2.71. The fourth-order valence-electron chi connectivity index (χ4n) is 2.71. The second-order valence-corrected chi connectivity index (χ2v) is 6.01. The van der Waals surface area contributed by atoms with Crippen LogP contribution >= 0.6 is 0 Å². The van der Waals surface area contributed by atoms with Gasteiger partial charge in [-0.15, -0.1) is 0 Å². The minimum Gasteiger partial charge on any atom is -0.321 e. The van der Waals surface area contributed by atoms with Crippen LogP contribution in [0.3, 0.4) is 0 Å². The van der Waals surface area contributed by atoms with Gasteiger partial charge in [-0.2, -0.15) is 5.10 Å². The molecule has 0 unspecified atom stereocenters. The number of nitrogens with one attached hydrogen (secondary N) is 1. The van der Waals surface area contributed by atoms with Gasteiger partial charge < -0.3 is 5.32 Å². The van der Waals surface area contributed by atoms with E-state index in [1.165, 1.54) is 44.4 Å². The summed E-state index contributed by atoms with van der Waals surface area (Å²) in [6.45, 7) is 1.50. The zero-order chi connectivity index (χ0) is 19.7. The normalized spacial score (nSPS) is 11.1. The Kier molecular flexibility index (Phi) is 4.98. The van der Waals surface area contributed by atoms with E-state index >= 15 is 0 Å². The quantitative estimate of drug-likeness (QED) is 0.660. The van der Waals surface area contributed by atoms with Crippen molar-refractivity contribution in [1.29, 1.82) is 0 Å². The molecule has 27 heavy (non-hydrogen) atoms. The summed E-state index contributed by atoms with van der Waals surface area (Å²) < 4.78 is 54.9. The molecule has 3 aromatic rings. The van der Waals surface area contributed by atoms with Gasteiger partial charge in [0.2, 0.25) is 0 Å². The second-order valence-electron chi connectivity index (χ2n) is 6.01. The van der Waals surface area contributed by atoms with Gasteiger partial charge in [0.05, 0.1) is 5.56 Å². The number of carbonyl (C=O) groups is 1. The van der Waals surface area contributed by atoms with Crippen LogP contribution < -0.4 is 5.32 Å². The van der Waals surface area contributed by atoms with Crippen LogP contribution in [0.4, 0.5) is 23.2 Å². The standard InChI is InChI=1S/C19H15F4N3O/c1-10-6-16(13(8-15(10)21)11-4-3-5-12(20)7-11)24-19(27)14-9-26(2)25-17(14)18(22)23/h3-9,18H,1-2H3,(H,24,27). The average Bonchev–Trinajstić information content (AvgIpc) is 3.00. The van der Waals surface area contributed by atoms with Gasteiger partial charge in [0.1, 0.15) is 17.3 Å². The number of benzene rings is 2. The second kappa shape index (κ2) is 7.22. The van der Waals surface area contributed by atoms with Crippen LogP contribution in [-0.2, 0) is 7.05 Å². The molecule has 0 saturated carbocycles. The smallest absolute Gasteiger partial charge is 0.282 e. The molecule has 1 amide bonds. The van der Waals surface area contributed by atoms with E-state index in [9.17, 15) is 22.4 Å². The summed E-state index contributed by atoms with van der Waals surface area (Å²) >= 11 is 0. The Morgan fingerprint density at radius 3 is 2.59 bits per heavy atom. The van der Waals surface area contributed by atoms with Gasteiger partial charge in [-0.25, -0.2) is 17.6 Å². The third-order valence-electron chi connectivity index (χ3n) is 3.99. The van der Waals surface area contributed by atoms with Gasteiger partial charge in [-0.05, 0) is 42.3 Å². The molecular weight excluding hydrogens is 362 g/mol. The zero-order valence-electron chi connectivity index (χ0n) is 14.4. The predicted molar refractivity (Wildman–Crippen MR) is 92.6 cm³/mol. The van der Waals surface area contributed by atoms with E-state index in [0.717, 1.165) is 10.7 Å². The summed E-state index contributed by atoms with van der Waals surface area (Å²) in [4.78, 5) is 12.5. The lowest BCUT2D eigenvalue weighted by molar-refractivity contribution is 0.101. The van der Waals surface area contributed by atoms with Crippen LogP contribution in [0.25, 0.3) is 11.1 Å². The van der Waals surface area contributed by atoms with Gasteiger partial charge in [0, 0.05) is 24.5 Å². The van der Waals surface area contributed by atoms with Crippen molar-refractivity contribution in [2.24, 2.45) is 7.05 Å². The van der Waals surface area contributed by atoms with Gasteiger partial charge >= 0.3 is 0 Å². The molecule has 1 heterocycles. The highest BCUT2D eigenvalue weighted by molar-refractivity contribution is 6.07. The minimum atomic E-state index is -2.93. The van der Waals surface area contributed by atoms with Crippen LogP contribution in [0.1, 0.15) is 28.0 Å². The molecule has 0 radical (unpaired) electrons. The largest absolute Gasteiger partial charge is 0.321 e. The molecule has 0 aliphatic heterocycles. The van der Waals surface area contributed by atoms with E-state index in [4.69, 9.17) is 0 Å². The molecule has 2 aromatic carbocycles. The molecule has 0 fully saturated rings. The van der Waals surface area contributed by atoms with E-state index < -0.39 is 29.7 Å². The number of alkyl halides is 2. The van der Waals surface area contributed by atoms with Crippen molar-refractivity contribution in [2.75, 3.05) is 5.32 Å². The average molecular weight is 377 g/mol. The number of amides is 1. The maximum atomic E-state index is 14.1. The molecule has 1 N–H and O–H groups in total. The van der Waals surface area contributed by atoms with Gasteiger partial charge in [0.25, 0.3) is 12.3 Å². The molecule has 0 atom stereocenters. The third kappa shape index (κ3) is 3.84. The lowest BCUT2D eigenvalue weighted by Gasteiger charge is -2.13. The Morgan fingerprint density at radius 1 is 1.19 bits per heavy atom. The van der Waals surface area contributed by atoms with Crippen molar-refractivity contribution in [3.63, 3.8) is 0 Å². The van der Waals surface area contributed by atoms with E-state index in [2.05, 4.69) is 10.4 Å². The number of aryl methyl sites for hydroxylation is 2. The Balaban J connectivity index is 2.04. The number of anilines is 1. The van der Waals surface area contributed by atoms with Crippen molar-refractivity contribution in [3.05, 3.63) is 71.1 Å². The van der Waals surface area contributed by atoms with Crippen molar-refractivity contribution < 1.29 is 22.4 Å². The maximum absolute atomic E-state index is 14.1. The summed E-state index contributed by atoms with van der Waals surface area (Å²) in [6.07, 6.45) is -1.75. The van der Waals surface area contributed by atoms with E-state index in [-0.39, 0.29) is 22.4 Å². The number of aromatic nitrogens is 2. The molecule has 8 heteroatoms. The lowest BCUT2D eigenvalue weighted by Crippen LogP contribution is -2.14. The zero-order valence-corrected chi connectivity index (χ0v) is 14.4. The van der Waals surface area contributed by atoms with Crippen molar-refractivity contribution in [3.8, 4) is 11.1 Å². The molecule has 1 aromatic heterocycles. The number of nitrogens with zero attached hydrogens (tertiary/aromatic N) is 2. The van der Waals surface area contributed by atoms with Crippen LogP contribution in [0.2, 0.25) is 0 Å². The molecule has 0 saturated heterocycles. The van der Waals surface area contributed by atoms with Crippen molar-refractivity contribution >= 4 is 11.6 Å². The molecular formula is C19H15F4N3O. The molecule has 4 nitrogen and oxygen atoms in total. The Morgan fingerprint density at radius 2 is 1.93 bits per heavy atom. The topological polar surface area (TPSA) is 46.9 Å². The Labute approximate surface area is 152 Å². The Hall–Kier alpha value is -3.16. The highest BCUT2D eigenvalue weighted by Gasteiger charge is 2.23. The molecule has 0 spiro atoms. The Bertz CT molecular complexity index is 1010. The summed E-state index contributed by atoms with van der Waals surface area (Å²) in [6, 6.07) is 7.95. The predicted octanol–water partition coefficient (Wildman–Crippen LogP) is 4.86. The van der Waals surface area contributed by atoms with Crippen molar-refractivity contribution in [2.45, 2.75) is 13.3 Å². The third-order valence-corrected chi connectivity index (χ3v) is 3.99. The van der Waals surface area contributed by atoms with Crippen LogP contribution in [0, 0.1) is 18.6 Å². The summed E-state index contributed by atoms with van der Waals surface area (Å²) in [5, 5.41) is 6.10. The highest BCUT2D eigenvalue weighted by Crippen LogP contribution is 2.32. The first kappa shape index (κ1) is 18.6. The maximum Gasteiger partial charge on any atom is 0.282 e. The van der Waals surface area contributed by atoms with Crippen molar-refractivity contribution in [1.82, 2.24) is 9.78 Å². The van der Waals surface area contributed by atoms with E-state index in [1.807, 2.05) is 0 Å². The monoisotopic (exact) mass is 377 g/mol. The number of carbonyl (C=O) groups excluding carboxylic acids is 1. The molecule has 0 aliphatic rings. The molecule has 0 bridgehead atoms. The van der Waals surface area contributed by atoms with E-state index in [1.54, 1.807) is 6.07 Å². The SMILES string of the molecule is Cc1cc(NC(=O)c2cn(C)nc2C(F)F)c(-c2cccc(F)c2)cc1F.